The average Bonchev–Trinajstić information content (AvgIpc) is 2.63. The molecule has 0 unspecified atom stereocenters. The SMILES string of the molecule is CC(C)(C)c1ccc(Nc2cnc(C(=O)NC3CCCCC3)cn2)cc1. The molecule has 3 rings (SSSR count). The van der Waals surface area contributed by atoms with Crippen LogP contribution >= 0.6 is 0 Å². The van der Waals surface area contributed by atoms with E-state index >= 15 is 0 Å². The average molecular weight is 352 g/mol. The molecule has 1 fully saturated rings. The van der Waals surface area contributed by atoms with Crippen molar-refractivity contribution in [3.63, 3.8) is 0 Å². The van der Waals surface area contributed by atoms with Crippen LogP contribution in [0.4, 0.5) is 11.5 Å². The van der Waals surface area contributed by atoms with Gasteiger partial charge < -0.3 is 10.6 Å². The van der Waals surface area contributed by atoms with Crippen molar-refractivity contribution in [2.45, 2.75) is 64.3 Å². The molecule has 1 aromatic carbocycles. The maximum Gasteiger partial charge on any atom is 0.271 e. The van der Waals surface area contributed by atoms with E-state index in [1.807, 2.05) is 12.1 Å². The van der Waals surface area contributed by atoms with E-state index in [-0.39, 0.29) is 17.4 Å². The summed E-state index contributed by atoms with van der Waals surface area (Å²) in [5.74, 6) is 0.494. The molecule has 0 saturated heterocycles. The summed E-state index contributed by atoms with van der Waals surface area (Å²) < 4.78 is 0. The van der Waals surface area contributed by atoms with Gasteiger partial charge in [0.25, 0.3) is 5.91 Å². The van der Waals surface area contributed by atoms with Crippen LogP contribution in [0.5, 0.6) is 0 Å². The number of carbonyl (C=O) groups is 1. The maximum atomic E-state index is 12.3. The summed E-state index contributed by atoms with van der Waals surface area (Å²) in [5, 5.41) is 6.29. The summed E-state index contributed by atoms with van der Waals surface area (Å²) >= 11 is 0. The maximum absolute atomic E-state index is 12.3. The van der Waals surface area contributed by atoms with Crippen molar-refractivity contribution in [1.29, 1.82) is 0 Å². The van der Waals surface area contributed by atoms with E-state index < -0.39 is 0 Å². The van der Waals surface area contributed by atoms with Gasteiger partial charge in [-0.05, 0) is 36.0 Å². The Balaban J connectivity index is 1.59. The minimum atomic E-state index is -0.134. The second-order valence-electron chi connectivity index (χ2n) is 8.05. The normalized spacial score (nSPS) is 15.5. The standard InChI is InChI=1S/C21H28N4O/c1-21(2,3)15-9-11-17(12-10-15)24-19-14-22-18(13-23-19)20(26)25-16-7-5-4-6-8-16/h9-14,16H,4-8H2,1-3H3,(H,23,24)(H,25,26). The van der Waals surface area contributed by atoms with Gasteiger partial charge in [-0.25, -0.2) is 9.97 Å². The van der Waals surface area contributed by atoms with E-state index in [9.17, 15) is 4.79 Å². The molecule has 1 aliphatic carbocycles. The number of amides is 1. The summed E-state index contributed by atoms with van der Waals surface area (Å²) in [6.45, 7) is 6.58. The number of nitrogens with zero attached hydrogens (tertiary/aromatic N) is 2. The highest BCUT2D eigenvalue weighted by Crippen LogP contribution is 2.24. The fourth-order valence-corrected chi connectivity index (χ4v) is 3.22. The van der Waals surface area contributed by atoms with Gasteiger partial charge in [-0.2, -0.15) is 0 Å². The lowest BCUT2D eigenvalue weighted by Crippen LogP contribution is -2.36. The van der Waals surface area contributed by atoms with Crippen LogP contribution in [0.2, 0.25) is 0 Å². The van der Waals surface area contributed by atoms with Gasteiger partial charge in [0.15, 0.2) is 0 Å². The van der Waals surface area contributed by atoms with E-state index in [4.69, 9.17) is 0 Å². The Labute approximate surface area is 155 Å². The van der Waals surface area contributed by atoms with Crippen LogP contribution in [0, 0.1) is 0 Å². The fraction of sp³-hybridized carbons (Fsp3) is 0.476. The number of nitrogens with one attached hydrogen (secondary N) is 2. The van der Waals surface area contributed by atoms with Crippen LogP contribution in [0.15, 0.2) is 36.7 Å². The third-order valence-corrected chi connectivity index (χ3v) is 4.85. The topological polar surface area (TPSA) is 66.9 Å². The van der Waals surface area contributed by atoms with Crippen LogP contribution in [0.1, 0.15) is 68.9 Å². The van der Waals surface area contributed by atoms with Crippen LogP contribution in [-0.4, -0.2) is 21.9 Å². The first-order valence-corrected chi connectivity index (χ1v) is 9.42. The summed E-state index contributed by atoms with van der Waals surface area (Å²) in [6.07, 6.45) is 8.90. The van der Waals surface area contributed by atoms with E-state index in [0.29, 0.717) is 11.5 Å². The second-order valence-corrected chi connectivity index (χ2v) is 8.05. The molecule has 1 aliphatic rings. The molecule has 0 atom stereocenters. The highest BCUT2D eigenvalue weighted by Gasteiger charge is 2.17. The smallest absolute Gasteiger partial charge is 0.271 e. The molecule has 1 heterocycles. The van der Waals surface area contributed by atoms with Crippen molar-refractivity contribution >= 4 is 17.4 Å². The molecule has 5 nitrogen and oxygen atoms in total. The van der Waals surface area contributed by atoms with Crippen molar-refractivity contribution < 1.29 is 4.79 Å². The first kappa shape index (κ1) is 18.4. The first-order chi connectivity index (χ1) is 12.4. The van der Waals surface area contributed by atoms with Gasteiger partial charge in [0.05, 0.1) is 12.4 Å². The van der Waals surface area contributed by atoms with Gasteiger partial charge in [0, 0.05) is 11.7 Å². The molecule has 0 radical (unpaired) electrons. The molecule has 138 valence electrons. The van der Waals surface area contributed by atoms with Crippen LogP contribution in [0.3, 0.4) is 0 Å². The van der Waals surface area contributed by atoms with Gasteiger partial charge in [0.2, 0.25) is 0 Å². The van der Waals surface area contributed by atoms with Crippen molar-refractivity contribution in [3.05, 3.63) is 47.9 Å². The first-order valence-electron chi connectivity index (χ1n) is 9.42. The van der Waals surface area contributed by atoms with E-state index in [0.717, 1.165) is 18.5 Å². The molecule has 1 aromatic heterocycles. The number of anilines is 2. The Bertz CT molecular complexity index is 726. The number of aromatic nitrogens is 2. The summed E-state index contributed by atoms with van der Waals surface area (Å²) in [7, 11) is 0. The largest absolute Gasteiger partial charge is 0.348 e. The lowest BCUT2D eigenvalue weighted by atomic mass is 9.87. The zero-order valence-electron chi connectivity index (χ0n) is 15.9. The van der Waals surface area contributed by atoms with Crippen molar-refractivity contribution in [1.82, 2.24) is 15.3 Å². The number of benzene rings is 1. The Hall–Kier alpha value is -2.43. The lowest BCUT2D eigenvalue weighted by molar-refractivity contribution is 0.0922. The third-order valence-electron chi connectivity index (χ3n) is 4.85. The summed E-state index contributed by atoms with van der Waals surface area (Å²) in [5.41, 5.74) is 2.73. The van der Waals surface area contributed by atoms with E-state index in [2.05, 4.69) is 53.5 Å². The predicted octanol–water partition coefficient (Wildman–Crippen LogP) is 4.58. The monoisotopic (exact) mass is 352 g/mol. The van der Waals surface area contributed by atoms with Gasteiger partial charge in [-0.3, -0.25) is 4.79 Å². The number of hydrogen-bond donors (Lipinski definition) is 2. The molecule has 1 saturated carbocycles. The third kappa shape index (κ3) is 4.81. The minimum Gasteiger partial charge on any atom is -0.348 e. The molecule has 0 aliphatic heterocycles. The molecule has 2 N–H and O–H groups in total. The Morgan fingerprint density at radius 1 is 1.00 bits per heavy atom. The van der Waals surface area contributed by atoms with E-state index in [1.54, 1.807) is 6.20 Å². The number of rotatable bonds is 4. The van der Waals surface area contributed by atoms with Crippen LogP contribution < -0.4 is 10.6 Å². The Morgan fingerprint density at radius 2 is 1.69 bits per heavy atom. The number of hydrogen-bond acceptors (Lipinski definition) is 4. The fourth-order valence-electron chi connectivity index (χ4n) is 3.22. The van der Waals surface area contributed by atoms with Crippen LogP contribution in [0.25, 0.3) is 0 Å². The molecule has 1 amide bonds. The van der Waals surface area contributed by atoms with E-state index in [1.165, 1.54) is 31.0 Å². The van der Waals surface area contributed by atoms with Gasteiger partial charge in [0.1, 0.15) is 11.5 Å². The number of carbonyl (C=O) groups excluding carboxylic acids is 1. The quantitative estimate of drug-likeness (QED) is 0.845. The molecule has 0 bridgehead atoms. The highest BCUT2D eigenvalue weighted by molar-refractivity contribution is 5.92. The zero-order valence-corrected chi connectivity index (χ0v) is 15.9. The molecule has 2 aromatic rings. The van der Waals surface area contributed by atoms with Crippen molar-refractivity contribution in [2.24, 2.45) is 0 Å². The molecular formula is C21H28N4O. The minimum absolute atomic E-state index is 0.131. The summed E-state index contributed by atoms with van der Waals surface area (Å²) in [6, 6.07) is 8.57. The van der Waals surface area contributed by atoms with Crippen molar-refractivity contribution in [3.8, 4) is 0 Å². The van der Waals surface area contributed by atoms with Crippen molar-refractivity contribution in [2.75, 3.05) is 5.32 Å². The van der Waals surface area contributed by atoms with Gasteiger partial charge >= 0.3 is 0 Å². The zero-order chi connectivity index (χ0) is 18.6. The molecule has 0 spiro atoms. The predicted molar refractivity (Wildman–Crippen MR) is 105 cm³/mol. The molecule has 26 heavy (non-hydrogen) atoms. The Kier molecular flexibility index (Phi) is 5.55. The van der Waals surface area contributed by atoms with Gasteiger partial charge in [-0.1, -0.05) is 52.2 Å². The Morgan fingerprint density at radius 3 is 2.27 bits per heavy atom. The lowest BCUT2D eigenvalue weighted by Gasteiger charge is -2.22. The van der Waals surface area contributed by atoms with Crippen LogP contribution in [-0.2, 0) is 5.41 Å². The van der Waals surface area contributed by atoms with Gasteiger partial charge in [-0.15, -0.1) is 0 Å². The summed E-state index contributed by atoms with van der Waals surface area (Å²) in [4.78, 5) is 20.9. The highest BCUT2D eigenvalue weighted by atomic mass is 16.1. The molecule has 5 heteroatoms. The second kappa shape index (κ2) is 7.85. The molecular weight excluding hydrogens is 324 g/mol.